The maximum Gasteiger partial charge on any atom is 0.136 e. The van der Waals surface area contributed by atoms with Crippen molar-refractivity contribution in [2.75, 3.05) is 0 Å². The lowest BCUT2D eigenvalue weighted by molar-refractivity contribution is 0.669. The second kappa shape index (κ2) is 8.55. The van der Waals surface area contributed by atoms with E-state index in [9.17, 15) is 0 Å². The summed E-state index contributed by atoms with van der Waals surface area (Å²) in [7, 11) is 0. The maximum atomic E-state index is 8.51. The first kappa shape index (κ1) is 18.0. The Labute approximate surface area is 243 Å². The van der Waals surface area contributed by atoms with Gasteiger partial charge in [0.25, 0.3) is 0 Å². The van der Waals surface area contributed by atoms with Crippen LogP contribution in [0, 0.1) is 0 Å². The Morgan fingerprint density at radius 1 is 0.439 bits per heavy atom. The molecule has 1 heteroatoms. The van der Waals surface area contributed by atoms with Crippen LogP contribution < -0.4 is 0 Å². The van der Waals surface area contributed by atoms with Crippen molar-refractivity contribution in [3.63, 3.8) is 0 Å². The van der Waals surface area contributed by atoms with Crippen LogP contribution in [0.2, 0.25) is 0 Å². The molecular formula is C40H24O. The van der Waals surface area contributed by atoms with Gasteiger partial charge >= 0.3 is 0 Å². The molecule has 0 aliphatic heterocycles. The summed E-state index contributed by atoms with van der Waals surface area (Å²) in [5, 5.41) is 10.9. The molecule has 1 heterocycles. The molecule has 9 aromatic rings. The minimum atomic E-state index is -0.396. The summed E-state index contributed by atoms with van der Waals surface area (Å²) in [5.41, 5.74) is 4.55. The summed E-state index contributed by atoms with van der Waals surface area (Å²) >= 11 is 0. The Morgan fingerprint density at radius 3 is 2.12 bits per heavy atom. The van der Waals surface area contributed by atoms with E-state index in [1.54, 1.807) is 0 Å². The zero-order valence-electron chi connectivity index (χ0n) is 26.9. The van der Waals surface area contributed by atoms with Crippen molar-refractivity contribution in [3.05, 3.63) is 145 Å². The molecule has 0 radical (unpaired) electrons. The summed E-state index contributed by atoms with van der Waals surface area (Å²) in [4.78, 5) is 0. The van der Waals surface area contributed by atoms with Crippen molar-refractivity contribution in [3.8, 4) is 22.3 Å². The highest BCUT2D eigenvalue weighted by molar-refractivity contribution is 6.25. The van der Waals surface area contributed by atoms with Crippen LogP contribution in [-0.2, 0) is 0 Å². The number of furan rings is 1. The number of hydrogen-bond acceptors (Lipinski definition) is 1. The van der Waals surface area contributed by atoms with E-state index >= 15 is 0 Å². The second-order valence-electron chi connectivity index (χ2n) is 10.5. The minimum absolute atomic E-state index is 0.195. The number of benzene rings is 8. The standard InChI is InChI=1S/C40H24O/c1-2-9-25(10-3-1)27-17-18-28-24-38-36(23-30(28)21-27)40-34(15-8-16-37(40)41-38)39-32-14-7-5-12-29(32)22-35-31-13-6-4-11-26(31)19-20-33(35)39/h1-24H/i1D,2D,3D,9D,10D. The lowest BCUT2D eigenvalue weighted by atomic mass is 9.88. The lowest BCUT2D eigenvalue weighted by Crippen LogP contribution is -1.88. The van der Waals surface area contributed by atoms with E-state index in [0.717, 1.165) is 49.2 Å². The van der Waals surface area contributed by atoms with Crippen LogP contribution >= 0.6 is 0 Å². The van der Waals surface area contributed by atoms with E-state index < -0.39 is 6.04 Å². The van der Waals surface area contributed by atoms with Crippen LogP contribution in [0.15, 0.2) is 150 Å². The fraction of sp³-hybridized carbons (Fsp3) is 0. The summed E-state index contributed by atoms with van der Waals surface area (Å²) in [6, 6.07) is 38.2. The third-order valence-electron chi connectivity index (χ3n) is 8.28. The van der Waals surface area contributed by atoms with Crippen LogP contribution in [-0.4, -0.2) is 0 Å². The van der Waals surface area contributed by atoms with E-state index in [1.807, 2.05) is 36.4 Å². The molecule has 0 amide bonds. The van der Waals surface area contributed by atoms with Crippen molar-refractivity contribution < 1.29 is 11.3 Å². The molecule has 0 aliphatic carbocycles. The highest BCUT2D eigenvalue weighted by Crippen LogP contribution is 2.45. The highest BCUT2D eigenvalue weighted by Gasteiger charge is 2.18. The number of hydrogen-bond donors (Lipinski definition) is 0. The first-order chi connectivity index (χ1) is 22.4. The van der Waals surface area contributed by atoms with Crippen molar-refractivity contribution in [1.29, 1.82) is 0 Å². The molecule has 41 heavy (non-hydrogen) atoms. The predicted molar refractivity (Wildman–Crippen MR) is 175 cm³/mol. The van der Waals surface area contributed by atoms with Gasteiger partial charge in [0.05, 0.1) is 6.85 Å². The Hall–Kier alpha value is -5.40. The van der Waals surface area contributed by atoms with Crippen molar-refractivity contribution in [1.82, 2.24) is 0 Å². The molecule has 9 rings (SSSR count). The smallest absolute Gasteiger partial charge is 0.136 e. The van der Waals surface area contributed by atoms with Gasteiger partial charge < -0.3 is 4.42 Å². The molecule has 190 valence electrons. The van der Waals surface area contributed by atoms with Crippen molar-refractivity contribution >= 4 is 65.0 Å². The van der Waals surface area contributed by atoms with E-state index in [4.69, 9.17) is 11.3 Å². The van der Waals surface area contributed by atoms with Crippen LogP contribution in [0.5, 0.6) is 0 Å². The lowest BCUT2D eigenvalue weighted by Gasteiger charge is -2.15. The Morgan fingerprint density at radius 2 is 1.22 bits per heavy atom. The van der Waals surface area contributed by atoms with Gasteiger partial charge in [0, 0.05) is 10.8 Å². The van der Waals surface area contributed by atoms with Crippen LogP contribution in [0.1, 0.15) is 6.85 Å². The predicted octanol–water partition coefficient (Wildman–Crippen LogP) is 11.5. The average molecular weight is 526 g/mol. The molecule has 0 N–H and O–H groups in total. The van der Waals surface area contributed by atoms with Crippen LogP contribution in [0.3, 0.4) is 0 Å². The quantitative estimate of drug-likeness (QED) is 0.162. The molecule has 0 unspecified atom stereocenters. The average Bonchev–Trinajstić information content (AvgIpc) is 3.45. The molecule has 1 nitrogen and oxygen atoms in total. The van der Waals surface area contributed by atoms with Crippen molar-refractivity contribution in [2.24, 2.45) is 0 Å². The third-order valence-corrected chi connectivity index (χ3v) is 8.28. The first-order valence-corrected chi connectivity index (χ1v) is 13.7. The second-order valence-corrected chi connectivity index (χ2v) is 10.5. The summed E-state index contributed by atoms with van der Waals surface area (Å²) in [6.07, 6.45) is 0. The van der Waals surface area contributed by atoms with Gasteiger partial charge in [0.15, 0.2) is 0 Å². The van der Waals surface area contributed by atoms with Gasteiger partial charge in [-0.25, -0.2) is 0 Å². The van der Waals surface area contributed by atoms with Gasteiger partial charge in [-0.05, 0) is 95.7 Å². The number of rotatable bonds is 2. The first-order valence-electron chi connectivity index (χ1n) is 16.2. The van der Waals surface area contributed by atoms with Crippen LogP contribution in [0.4, 0.5) is 0 Å². The largest absolute Gasteiger partial charge is 0.456 e. The fourth-order valence-corrected chi connectivity index (χ4v) is 6.44. The van der Waals surface area contributed by atoms with Gasteiger partial charge in [-0.15, -0.1) is 0 Å². The SMILES string of the molecule is [2H]c1c([2H])c([2H])c(-c2ccc3cc4oc5cccc(-c6c7ccccc7cc7c6ccc6ccccc67)c5c4cc3c2)c([2H])c1[2H]. The molecule has 0 saturated carbocycles. The molecule has 0 saturated heterocycles. The molecule has 0 spiro atoms. The Kier molecular flexibility index (Phi) is 3.76. The van der Waals surface area contributed by atoms with Gasteiger partial charge in [-0.3, -0.25) is 0 Å². The molecule has 0 bridgehead atoms. The minimum Gasteiger partial charge on any atom is -0.456 e. The normalized spacial score (nSPS) is 13.6. The summed E-state index contributed by atoms with van der Waals surface area (Å²) in [5.74, 6) is 0. The fourth-order valence-electron chi connectivity index (χ4n) is 6.44. The molecule has 8 aromatic carbocycles. The summed E-state index contributed by atoms with van der Waals surface area (Å²) < 4.78 is 47.9. The zero-order chi connectivity index (χ0) is 31.3. The summed E-state index contributed by atoms with van der Waals surface area (Å²) in [6.45, 7) is 0. The maximum absolute atomic E-state index is 8.51. The van der Waals surface area contributed by atoms with Gasteiger partial charge in [0.2, 0.25) is 0 Å². The molecular weight excluding hydrogens is 496 g/mol. The topological polar surface area (TPSA) is 13.1 Å². The Balaban J connectivity index is 1.36. The van der Waals surface area contributed by atoms with Gasteiger partial charge in [-0.1, -0.05) is 115 Å². The van der Waals surface area contributed by atoms with Crippen LogP contribution in [0.25, 0.3) is 87.3 Å². The molecule has 0 aliphatic rings. The number of fused-ring (bicyclic) bond motifs is 8. The molecule has 0 atom stereocenters. The zero-order valence-corrected chi connectivity index (χ0v) is 21.9. The van der Waals surface area contributed by atoms with E-state index in [-0.39, 0.29) is 29.7 Å². The van der Waals surface area contributed by atoms with Crippen molar-refractivity contribution in [2.45, 2.75) is 0 Å². The Bertz CT molecular complexity index is 2730. The van der Waals surface area contributed by atoms with Gasteiger partial charge in [0.1, 0.15) is 11.2 Å². The monoisotopic (exact) mass is 525 g/mol. The van der Waals surface area contributed by atoms with Gasteiger partial charge in [-0.2, -0.15) is 0 Å². The van der Waals surface area contributed by atoms with E-state index in [0.29, 0.717) is 5.56 Å². The molecule has 0 fully saturated rings. The third kappa shape index (κ3) is 3.36. The van der Waals surface area contributed by atoms with E-state index in [1.165, 1.54) is 26.9 Å². The highest BCUT2D eigenvalue weighted by atomic mass is 16.3. The van der Waals surface area contributed by atoms with E-state index in [2.05, 4.69) is 78.9 Å². The molecule has 1 aromatic heterocycles.